The summed E-state index contributed by atoms with van der Waals surface area (Å²) in [6.07, 6.45) is 1.51. The summed E-state index contributed by atoms with van der Waals surface area (Å²) in [4.78, 5) is 24.8. The zero-order valence-electron chi connectivity index (χ0n) is 7.96. The molecule has 5 nitrogen and oxygen atoms in total. The van der Waals surface area contributed by atoms with Gasteiger partial charge in [-0.05, 0) is 29.0 Å². The number of aromatic amines is 1. The number of aromatic nitrogens is 1. The van der Waals surface area contributed by atoms with Gasteiger partial charge in [-0.3, -0.25) is 9.59 Å². The summed E-state index contributed by atoms with van der Waals surface area (Å²) in [5.74, 6) is -0.254. The number of hydrogen-bond acceptors (Lipinski definition) is 3. The molecule has 1 heterocycles. The van der Waals surface area contributed by atoms with Gasteiger partial charge in [0.25, 0.3) is 5.56 Å². The van der Waals surface area contributed by atoms with Crippen LogP contribution in [0.4, 0.5) is 5.69 Å². The number of pyridine rings is 1. The number of anilines is 1. The van der Waals surface area contributed by atoms with E-state index in [1.165, 1.54) is 6.20 Å². The third-order valence-electron chi connectivity index (χ3n) is 1.48. The van der Waals surface area contributed by atoms with Gasteiger partial charge < -0.3 is 15.6 Å². The molecule has 1 aromatic rings. The van der Waals surface area contributed by atoms with Crippen molar-refractivity contribution in [1.29, 1.82) is 0 Å². The molecule has 0 radical (unpaired) electrons. The fourth-order valence-corrected chi connectivity index (χ4v) is 1.25. The third kappa shape index (κ3) is 4.46. The summed E-state index contributed by atoms with van der Waals surface area (Å²) in [6, 6.07) is 1.55. The second-order valence-corrected chi connectivity index (χ2v) is 3.55. The number of nitrogens with one attached hydrogen (secondary N) is 3. The highest BCUT2D eigenvalue weighted by molar-refractivity contribution is 9.10. The largest absolute Gasteiger partial charge is 0.326 e. The Morgan fingerprint density at radius 2 is 2.27 bits per heavy atom. The summed E-state index contributed by atoms with van der Waals surface area (Å²) >= 11 is 3.19. The number of rotatable bonds is 3. The highest BCUT2D eigenvalue weighted by Gasteiger charge is 2.04. The maximum atomic E-state index is 11.2. The van der Waals surface area contributed by atoms with Crippen molar-refractivity contribution in [2.75, 3.05) is 18.9 Å². The Bertz CT molecular complexity index is 394. The molecule has 1 aromatic heterocycles. The van der Waals surface area contributed by atoms with E-state index in [2.05, 4.69) is 31.5 Å². The number of amides is 1. The van der Waals surface area contributed by atoms with Gasteiger partial charge in [-0.25, -0.2) is 0 Å². The van der Waals surface area contributed by atoms with Gasteiger partial charge in [0.1, 0.15) is 5.69 Å². The van der Waals surface area contributed by atoms with Crippen LogP contribution in [0.15, 0.2) is 21.5 Å². The molecule has 1 rings (SSSR count). The molecular formula is C8H11BrClN3O2. The molecule has 0 bridgehead atoms. The van der Waals surface area contributed by atoms with Crippen LogP contribution in [0.3, 0.4) is 0 Å². The molecule has 1 amide bonds. The molecule has 0 saturated carbocycles. The minimum Gasteiger partial charge on any atom is -0.326 e. The van der Waals surface area contributed by atoms with Crippen LogP contribution >= 0.6 is 28.3 Å². The second kappa shape index (κ2) is 6.60. The fraction of sp³-hybridized carbons (Fsp3) is 0.250. The van der Waals surface area contributed by atoms with Crippen molar-refractivity contribution in [3.05, 3.63) is 27.1 Å². The zero-order valence-corrected chi connectivity index (χ0v) is 10.4. The van der Waals surface area contributed by atoms with Crippen LogP contribution in [-0.4, -0.2) is 24.5 Å². The lowest BCUT2D eigenvalue weighted by Gasteiger charge is -2.03. The van der Waals surface area contributed by atoms with Crippen molar-refractivity contribution in [2.45, 2.75) is 0 Å². The first kappa shape index (κ1) is 14.2. The van der Waals surface area contributed by atoms with Gasteiger partial charge in [-0.1, -0.05) is 0 Å². The van der Waals surface area contributed by atoms with E-state index in [4.69, 9.17) is 0 Å². The normalized spacial score (nSPS) is 9.20. The summed E-state index contributed by atoms with van der Waals surface area (Å²) in [7, 11) is 1.66. The number of carbonyl (C=O) groups excluding carboxylic acids is 1. The van der Waals surface area contributed by atoms with Gasteiger partial charge in [-0.2, -0.15) is 0 Å². The summed E-state index contributed by atoms with van der Waals surface area (Å²) in [5.41, 5.74) is -0.0859. The topological polar surface area (TPSA) is 74.0 Å². The molecule has 0 saturated heterocycles. The summed E-state index contributed by atoms with van der Waals surface area (Å²) in [6.45, 7) is 0.173. The Hall–Kier alpha value is -0.850. The van der Waals surface area contributed by atoms with Crippen LogP contribution in [0, 0.1) is 0 Å². The van der Waals surface area contributed by atoms with Crippen LogP contribution < -0.4 is 16.2 Å². The molecule has 15 heavy (non-hydrogen) atoms. The first-order chi connectivity index (χ1) is 6.63. The second-order valence-electron chi connectivity index (χ2n) is 2.64. The Morgan fingerprint density at radius 3 is 2.87 bits per heavy atom. The molecule has 7 heteroatoms. The predicted molar refractivity (Wildman–Crippen MR) is 64.6 cm³/mol. The van der Waals surface area contributed by atoms with E-state index in [0.29, 0.717) is 4.47 Å². The lowest BCUT2D eigenvalue weighted by atomic mass is 10.4. The molecule has 0 aromatic carbocycles. The van der Waals surface area contributed by atoms with E-state index in [1.807, 2.05) is 0 Å². The molecule has 0 aliphatic heterocycles. The summed E-state index contributed by atoms with van der Waals surface area (Å²) < 4.78 is 0.705. The van der Waals surface area contributed by atoms with Crippen LogP contribution in [0.1, 0.15) is 0 Å². The van der Waals surface area contributed by atoms with Gasteiger partial charge in [0, 0.05) is 10.7 Å². The van der Waals surface area contributed by atoms with E-state index in [9.17, 15) is 9.59 Å². The zero-order chi connectivity index (χ0) is 10.6. The number of H-pyrrole nitrogens is 1. The maximum absolute atomic E-state index is 11.2. The SMILES string of the molecule is CNCC(=O)Nc1cc(Br)c[nH]c1=O.Cl. The van der Waals surface area contributed by atoms with Crippen molar-refractivity contribution in [3.63, 3.8) is 0 Å². The van der Waals surface area contributed by atoms with E-state index >= 15 is 0 Å². The van der Waals surface area contributed by atoms with Gasteiger partial charge >= 0.3 is 0 Å². The molecule has 0 aliphatic carbocycles. The Labute approximate surface area is 101 Å². The quantitative estimate of drug-likeness (QED) is 0.769. The molecule has 0 unspecified atom stereocenters. The van der Waals surface area contributed by atoms with Crippen molar-refractivity contribution in [2.24, 2.45) is 0 Å². The van der Waals surface area contributed by atoms with Gasteiger partial charge in [0.2, 0.25) is 5.91 Å². The minimum absolute atomic E-state index is 0. The number of hydrogen-bond donors (Lipinski definition) is 3. The molecule has 0 atom stereocenters. The lowest BCUT2D eigenvalue weighted by Crippen LogP contribution is -2.27. The summed E-state index contributed by atoms with van der Waals surface area (Å²) in [5, 5.41) is 5.16. The Morgan fingerprint density at radius 1 is 1.60 bits per heavy atom. The standard InChI is InChI=1S/C8H10BrN3O2.ClH/c1-10-4-7(13)12-6-2-5(9)3-11-8(6)14;/h2-3,10H,4H2,1H3,(H,11,14)(H,12,13);1H. The van der Waals surface area contributed by atoms with Gasteiger partial charge in [0.05, 0.1) is 6.54 Å². The van der Waals surface area contributed by atoms with Crippen LogP contribution in [0.25, 0.3) is 0 Å². The first-order valence-electron chi connectivity index (χ1n) is 3.96. The highest BCUT2D eigenvalue weighted by atomic mass is 79.9. The monoisotopic (exact) mass is 295 g/mol. The average Bonchev–Trinajstić information content (AvgIpc) is 2.12. The van der Waals surface area contributed by atoms with Crippen molar-refractivity contribution >= 4 is 39.9 Å². The maximum Gasteiger partial charge on any atom is 0.271 e. The molecule has 0 aliphatic rings. The van der Waals surface area contributed by atoms with E-state index in [0.717, 1.165) is 0 Å². The van der Waals surface area contributed by atoms with Gasteiger partial charge in [0.15, 0.2) is 0 Å². The average molecular weight is 297 g/mol. The van der Waals surface area contributed by atoms with Crippen LogP contribution in [0.5, 0.6) is 0 Å². The third-order valence-corrected chi connectivity index (χ3v) is 1.94. The fourth-order valence-electron chi connectivity index (χ4n) is 0.905. The van der Waals surface area contributed by atoms with Crippen molar-refractivity contribution in [3.8, 4) is 0 Å². The first-order valence-corrected chi connectivity index (χ1v) is 4.75. The molecule has 0 spiro atoms. The van der Waals surface area contributed by atoms with Gasteiger partial charge in [-0.15, -0.1) is 12.4 Å². The Balaban J connectivity index is 0.00000196. The lowest BCUT2D eigenvalue weighted by molar-refractivity contribution is -0.115. The van der Waals surface area contributed by atoms with Crippen molar-refractivity contribution < 1.29 is 4.79 Å². The van der Waals surface area contributed by atoms with Crippen LogP contribution in [0.2, 0.25) is 0 Å². The molecule has 3 N–H and O–H groups in total. The molecular weight excluding hydrogens is 285 g/mol. The highest BCUT2D eigenvalue weighted by Crippen LogP contribution is 2.09. The molecule has 84 valence electrons. The van der Waals surface area contributed by atoms with E-state index in [1.54, 1.807) is 13.1 Å². The number of likely N-dealkylation sites (N-methyl/N-ethyl adjacent to an activating group) is 1. The van der Waals surface area contributed by atoms with Crippen molar-refractivity contribution in [1.82, 2.24) is 10.3 Å². The van der Waals surface area contributed by atoms with E-state index in [-0.39, 0.29) is 36.1 Å². The minimum atomic E-state index is -0.322. The number of halogens is 2. The number of carbonyl (C=O) groups is 1. The predicted octanol–water partition coefficient (Wildman–Crippen LogP) is 0.717. The molecule has 0 fully saturated rings. The van der Waals surface area contributed by atoms with Crippen LogP contribution in [-0.2, 0) is 4.79 Å². The Kier molecular flexibility index (Phi) is 6.23. The van der Waals surface area contributed by atoms with E-state index < -0.39 is 0 Å². The smallest absolute Gasteiger partial charge is 0.271 e.